The summed E-state index contributed by atoms with van der Waals surface area (Å²) in [5.74, 6) is -2.28. The van der Waals surface area contributed by atoms with E-state index in [4.69, 9.17) is 0 Å². The molecule has 0 aliphatic carbocycles. The quantitative estimate of drug-likeness (QED) is 0.776. The predicted octanol–water partition coefficient (Wildman–Crippen LogP) is 4.36. The highest BCUT2D eigenvalue weighted by Crippen LogP contribution is 2.34. The van der Waals surface area contributed by atoms with Crippen LogP contribution in [-0.4, -0.2) is 16.5 Å². The molecule has 0 bridgehead atoms. The van der Waals surface area contributed by atoms with Gasteiger partial charge in [-0.1, -0.05) is 6.08 Å². The number of rotatable bonds is 5. The van der Waals surface area contributed by atoms with Crippen LogP contribution >= 0.6 is 11.9 Å². The molecule has 7 heteroatoms. The van der Waals surface area contributed by atoms with Gasteiger partial charge in [0, 0.05) is 24.3 Å². The summed E-state index contributed by atoms with van der Waals surface area (Å²) in [6, 6.07) is 3.61. The van der Waals surface area contributed by atoms with Crippen molar-refractivity contribution in [1.29, 1.82) is 0 Å². The van der Waals surface area contributed by atoms with Gasteiger partial charge in [-0.25, -0.2) is 8.78 Å². The molecule has 132 valence electrons. The van der Waals surface area contributed by atoms with Gasteiger partial charge in [0.25, 0.3) is 5.91 Å². The van der Waals surface area contributed by atoms with E-state index in [0.717, 1.165) is 28.3 Å². The highest BCUT2D eigenvalue weighted by Gasteiger charge is 2.26. The fourth-order valence-corrected chi connectivity index (χ4v) is 3.62. The number of allylic oxidation sites excluding steroid dienone is 1. The van der Waals surface area contributed by atoms with Crippen LogP contribution < -0.4 is 10.0 Å². The van der Waals surface area contributed by atoms with Crippen LogP contribution in [0.5, 0.6) is 0 Å². The van der Waals surface area contributed by atoms with Crippen molar-refractivity contribution >= 4 is 29.6 Å². The molecule has 1 amide bonds. The third-order valence-corrected chi connectivity index (χ3v) is 5.15. The van der Waals surface area contributed by atoms with Crippen LogP contribution in [-0.2, 0) is 6.54 Å². The Bertz CT molecular complexity index is 858. The van der Waals surface area contributed by atoms with Crippen molar-refractivity contribution in [2.24, 2.45) is 0 Å². The Hall–Kier alpha value is -2.12. The second kappa shape index (κ2) is 7.01. The maximum absolute atomic E-state index is 13.4. The van der Waals surface area contributed by atoms with Gasteiger partial charge in [0.2, 0.25) is 0 Å². The molecule has 0 saturated carbocycles. The first-order valence-electron chi connectivity index (χ1n) is 7.97. The lowest BCUT2D eigenvalue weighted by Gasteiger charge is -2.09. The minimum Gasteiger partial charge on any atom is -0.332 e. The number of hydrogen-bond acceptors (Lipinski definition) is 3. The molecular formula is C18H19F2N3OS. The fraction of sp³-hybridized carbons (Fsp3) is 0.278. The molecule has 2 heterocycles. The number of benzene rings is 1. The van der Waals surface area contributed by atoms with Crippen molar-refractivity contribution in [2.45, 2.75) is 38.3 Å². The first-order chi connectivity index (χ1) is 11.9. The molecular weight excluding hydrogens is 344 g/mol. The van der Waals surface area contributed by atoms with Gasteiger partial charge in [0.05, 0.1) is 10.6 Å². The summed E-state index contributed by atoms with van der Waals surface area (Å²) in [6.07, 6.45) is 3.98. The van der Waals surface area contributed by atoms with Crippen LogP contribution in [0.15, 0.2) is 29.2 Å². The minimum absolute atomic E-state index is 0.222. The number of fused-ring (bicyclic) bond motifs is 1. The second-order valence-electron chi connectivity index (χ2n) is 6.16. The van der Waals surface area contributed by atoms with E-state index < -0.39 is 11.6 Å². The lowest BCUT2D eigenvalue weighted by atomic mass is 10.2. The summed E-state index contributed by atoms with van der Waals surface area (Å²) in [7, 11) is 0. The van der Waals surface area contributed by atoms with Gasteiger partial charge in [-0.3, -0.25) is 9.52 Å². The van der Waals surface area contributed by atoms with E-state index in [0.29, 0.717) is 18.3 Å². The standard InChI is InChI=1S/C18H19F2N3OS/c1-10(2)22-25-17-11(3)16(23-8-4-5-15(17)23)18(24)21-12-6-7-13(19)14(20)9-12/h4-7,9-10,22H,8H2,1-3H3,(H,21,24). The fourth-order valence-electron chi connectivity index (χ4n) is 2.73. The van der Waals surface area contributed by atoms with Crippen LogP contribution in [0.4, 0.5) is 14.5 Å². The normalized spacial score (nSPS) is 12.7. The minimum atomic E-state index is -0.992. The van der Waals surface area contributed by atoms with E-state index in [-0.39, 0.29) is 11.6 Å². The Morgan fingerprint density at radius 3 is 2.72 bits per heavy atom. The monoisotopic (exact) mass is 363 g/mol. The number of carbonyl (C=O) groups is 1. The Morgan fingerprint density at radius 1 is 1.28 bits per heavy atom. The zero-order valence-electron chi connectivity index (χ0n) is 14.2. The van der Waals surface area contributed by atoms with E-state index in [2.05, 4.69) is 10.0 Å². The highest BCUT2D eigenvalue weighted by atomic mass is 32.2. The number of hydrogen-bond donors (Lipinski definition) is 2. The predicted molar refractivity (Wildman–Crippen MR) is 96.6 cm³/mol. The molecule has 3 rings (SSSR count). The molecule has 0 spiro atoms. The molecule has 4 nitrogen and oxygen atoms in total. The number of nitrogens with zero attached hydrogens (tertiary/aromatic N) is 1. The van der Waals surface area contributed by atoms with Crippen LogP contribution in [0.3, 0.4) is 0 Å². The largest absolute Gasteiger partial charge is 0.332 e. The SMILES string of the molecule is Cc1c(SNC(C)C)c2n(c1C(=O)Nc1ccc(F)c(F)c1)CC=C2. The van der Waals surface area contributed by atoms with Gasteiger partial charge in [-0.2, -0.15) is 0 Å². The van der Waals surface area contributed by atoms with E-state index in [1.165, 1.54) is 18.0 Å². The number of halogens is 2. The van der Waals surface area contributed by atoms with E-state index in [1.54, 1.807) is 0 Å². The number of anilines is 1. The van der Waals surface area contributed by atoms with E-state index in [1.807, 2.05) is 37.5 Å². The van der Waals surface area contributed by atoms with Gasteiger partial charge >= 0.3 is 0 Å². The highest BCUT2D eigenvalue weighted by molar-refractivity contribution is 7.97. The van der Waals surface area contributed by atoms with Crippen molar-refractivity contribution in [1.82, 2.24) is 9.29 Å². The Kier molecular flexibility index (Phi) is 4.96. The molecule has 0 radical (unpaired) electrons. The maximum atomic E-state index is 13.4. The molecule has 25 heavy (non-hydrogen) atoms. The van der Waals surface area contributed by atoms with Crippen molar-refractivity contribution in [3.63, 3.8) is 0 Å². The molecule has 1 aromatic carbocycles. The average Bonchev–Trinajstić information content (AvgIpc) is 3.09. The van der Waals surface area contributed by atoms with Crippen LogP contribution in [0.1, 0.15) is 35.6 Å². The third-order valence-electron chi connectivity index (χ3n) is 3.84. The van der Waals surface area contributed by atoms with Crippen LogP contribution in [0, 0.1) is 18.6 Å². The average molecular weight is 363 g/mol. The Morgan fingerprint density at radius 2 is 2.04 bits per heavy atom. The summed E-state index contributed by atoms with van der Waals surface area (Å²) in [5.41, 5.74) is 2.58. The van der Waals surface area contributed by atoms with Gasteiger partial charge in [0.15, 0.2) is 11.6 Å². The van der Waals surface area contributed by atoms with Gasteiger partial charge in [-0.05, 0) is 56.5 Å². The number of aromatic nitrogens is 1. The molecule has 0 atom stereocenters. The molecule has 0 unspecified atom stereocenters. The van der Waals surface area contributed by atoms with E-state index >= 15 is 0 Å². The Balaban J connectivity index is 1.90. The molecule has 1 aliphatic rings. The lowest BCUT2D eigenvalue weighted by molar-refractivity contribution is 0.101. The summed E-state index contributed by atoms with van der Waals surface area (Å²) in [5, 5.41) is 2.65. The maximum Gasteiger partial charge on any atom is 0.272 e. The lowest BCUT2D eigenvalue weighted by Crippen LogP contribution is -2.18. The molecule has 2 N–H and O–H groups in total. The first-order valence-corrected chi connectivity index (χ1v) is 8.78. The van der Waals surface area contributed by atoms with Gasteiger partial charge in [-0.15, -0.1) is 0 Å². The zero-order chi connectivity index (χ0) is 18.1. The number of nitrogens with one attached hydrogen (secondary N) is 2. The molecule has 2 aromatic rings. The summed E-state index contributed by atoms with van der Waals surface area (Å²) in [6.45, 7) is 6.60. The van der Waals surface area contributed by atoms with Crippen molar-refractivity contribution in [2.75, 3.05) is 5.32 Å². The first kappa shape index (κ1) is 17.7. The summed E-state index contributed by atoms with van der Waals surface area (Å²) >= 11 is 1.50. The second-order valence-corrected chi connectivity index (χ2v) is 7.01. The smallest absolute Gasteiger partial charge is 0.272 e. The number of carbonyl (C=O) groups excluding carboxylic acids is 1. The Labute approximate surface area is 149 Å². The van der Waals surface area contributed by atoms with Gasteiger partial charge < -0.3 is 9.88 Å². The molecule has 1 aliphatic heterocycles. The van der Waals surface area contributed by atoms with Crippen LogP contribution in [0.2, 0.25) is 0 Å². The van der Waals surface area contributed by atoms with E-state index in [9.17, 15) is 13.6 Å². The van der Waals surface area contributed by atoms with Crippen LogP contribution in [0.25, 0.3) is 6.08 Å². The van der Waals surface area contributed by atoms with Gasteiger partial charge in [0.1, 0.15) is 5.69 Å². The van der Waals surface area contributed by atoms with Crippen molar-refractivity contribution < 1.29 is 13.6 Å². The molecule has 1 aromatic heterocycles. The summed E-state index contributed by atoms with van der Waals surface area (Å²) in [4.78, 5) is 13.7. The third kappa shape index (κ3) is 3.48. The zero-order valence-corrected chi connectivity index (χ0v) is 15.0. The molecule has 0 saturated heterocycles. The number of amides is 1. The summed E-state index contributed by atoms with van der Waals surface area (Å²) < 4.78 is 31.6. The molecule has 0 fully saturated rings. The van der Waals surface area contributed by atoms with Crippen molar-refractivity contribution in [3.05, 3.63) is 52.9 Å². The van der Waals surface area contributed by atoms with Crippen molar-refractivity contribution in [3.8, 4) is 0 Å². The topological polar surface area (TPSA) is 46.1 Å².